The summed E-state index contributed by atoms with van der Waals surface area (Å²) < 4.78 is 0. The molecule has 0 heterocycles. The van der Waals surface area contributed by atoms with Crippen LogP contribution in [0.1, 0.15) is 32.6 Å². The molecule has 76 valence electrons. The summed E-state index contributed by atoms with van der Waals surface area (Å²) in [4.78, 5) is 11.3. The maximum absolute atomic E-state index is 11.4. The average molecular weight is 250 g/mol. The molecule has 4 heteroatoms. The largest absolute Gasteiger partial charge is 0.391 e. The van der Waals surface area contributed by atoms with Crippen LogP contribution in [-0.4, -0.2) is 28.0 Å². The SMILES string of the molecule is CCC(Br)C(=O)NC1CCCC1O. The Morgan fingerprint density at radius 3 is 2.85 bits per heavy atom. The molecule has 1 fully saturated rings. The Bertz CT molecular complexity index is 186. The van der Waals surface area contributed by atoms with Gasteiger partial charge in [0.15, 0.2) is 0 Å². The third kappa shape index (κ3) is 2.95. The van der Waals surface area contributed by atoms with Crippen molar-refractivity contribution < 1.29 is 9.90 Å². The van der Waals surface area contributed by atoms with Gasteiger partial charge in [0.1, 0.15) is 0 Å². The predicted octanol–water partition coefficient (Wildman–Crippen LogP) is 1.19. The Balaban J connectivity index is 2.35. The summed E-state index contributed by atoms with van der Waals surface area (Å²) in [6.07, 6.45) is 3.14. The van der Waals surface area contributed by atoms with Crippen LogP contribution in [0, 0.1) is 0 Å². The lowest BCUT2D eigenvalue weighted by molar-refractivity contribution is -0.121. The van der Waals surface area contributed by atoms with Crippen molar-refractivity contribution in [2.24, 2.45) is 0 Å². The van der Waals surface area contributed by atoms with Gasteiger partial charge in [-0.15, -0.1) is 0 Å². The van der Waals surface area contributed by atoms with E-state index in [1.165, 1.54) is 0 Å². The molecule has 1 rings (SSSR count). The molecule has 0 radical (unpaired) electrons. The molecular weight excluding hydrogens is 234 g/mol. The van der Waals surface area contributed by atoms with Gasteiger partial charge in [0.2, 0.25) is 5.91 Å². The van der Waals surface area contributed by atoms with Crippen LogP contribution in [0.3, 0.4) is 0 Å². The van der Waals surface area contributed by atoms with Crippen molar-refractivity contribution in [2.45, 2.75) is 49.6 Å². The molecule has 1 aliphatic carbocycles. The van der Waals surface area contributed by atoms with Crippen LogP contribution in [-0.2, 0) is 4.79 Å². The molecule has 1 amide bonds. The summed E-state index contributed by atoms with van der Waals surface area (Å²) in [5, 5.41) is 12.3. The van der Waals surface area contributed by atoms with Crippen molar-refractivity contribution in [3.8, 4) is 0 Å². The maximum Gasteiger partial charge on any atom is 0.234 e. The molecule has 0 bridgehead atoms. The van der Waals surface area contributed by atoms with E-state index in [4.69, 9.17) is 0 Å². The second-order valence-corrected chi connectivity index (χ2v) is 4.59. The fourth-order valence-corrected chi connectivity index (χ4v) is 1.70. The van der Waals surface area contributed by atoms with Crippen molar-refractivity contribution >= 4 is 21.8 Å². The highest BCUT2D eigenvalue weighted by Gasteiger charge is 2.27. The van der Waals surface area contributed by atoms with E-state index < -0.39 is 0 Å². The van der Waals surface area contributed by atoms with Gasteiger partial charge < -0.3 is 10.4 Å². The van der Waals surface area contributed by atoms with Gasteiger partial charge in [0.05, 0.1) is 17.0 Å². The zero-order valence-electron chi connectivity index (χ0n) is 7.79. The molecule has 0 aromatic carbocycles. The zero-order valence-corrected chi connectivity index (χ0v) is 9.38. The van der Waals surface area contributed by atoms with Crippen LogP contribution in [0.15, 0.2) is 0 Å². The molecule has 3 atom stereocenters. The second-order valence-electron chi connectivity index (χ2n) is 3.49. The smallest absolute Gasteiger partial charge is 0.234 e. The van der Waals surface area contributed by atoms with E-state index in [0.29, 0.717) is 0 Å². The normalized spacial score (nSPS) is 30.1. The van der Waals surface area contributed by atoms with Gasteiger partial charge in [-0.2, -0.15) is 0 Å². The van der Waals surface area contributed by atoms with Crippen molar-refractivity contribution in [3.05, 3.63) is 0 Å². The number of carbonyl (C=O) groups is 1. The lowest BCUT2D eigenvalue weighted by Gasteiger charge is -2.17. The van der Waals surface area contributed by atoms with Crippen LogP contribution >= 0.6 is 15.9 Å². The van der Waals surface area contributed by atoms with Crippen molar-refractivity contribution in [1.29, 1.82) is 0 Å². The molecular formula is C9H16BrNO2. The molecule has 0 saturated heterocycles. The van der Waals surface area contributed by atoms with E-state index in [9.17, 15) is 9.90 Å². The fraction of sp³-hybridized carbons (Fsp3) is 0.889. The quantitative estimate of drug-likeness (QED) is 0.739. The molecule has 2 N–H and O–H groups in total. The minimum Gasteiger partial charge on any atom is -0.391 e. The molecule has 13 heavy (non-hydrogen) atoms. The Morgan fingerprint density at radius 2 is 2.38 bits per heavy atom. The standard InChI is InChI=1S/C9H16BrNO2/c1-2-6(10)9(13)11-7-4-3-5-8(7)12/h6-8,12H,2-5H2,1H3,(H,11,13). The Morgan fingerprint density at radius 1 is 1.69 bits per heavy atom. The number of hydrogen-bond acceptors (Lipinski definition) is 2. The number of amides is 1. The first-order chi connectivity index (χ1) is 6.15. The fourth-order valence-electron chi connectivity index (χ4n) is 1.57. The number of alkyl halides is 1. The third-order valence-corrected chi connectivity index (χ3v) is 3.51. The monoisotopic (exact) mass is 249 g/mol. The molecule has 0 aromatic heterocycles. The van der Waals surface area contributed by atoms with Crippen LogP contribution in [0.2, 0.25) is 0 Å². The van der Waals surface area contributed by atoms with Crippen molar-refractivity contribution in [3.63, 3.8) is 0 Å². The van der Waals surface area contributed by atoms with Gasteiger partial charge in [-0.25, -0.2) is 0 Å². The highest BCUT2D eigenvalue weighted by atomic mass is 79.9. The molecule has 0 aromatic rings. The summed E-state index contributed by atoms with van der Waals surface area (Å²) in [5.41, 5.74) is 0. The van der Waals surface area contributed by atoms with Crippen LogP contribution in [0.4, 0.5) is 0 Å². The summed E-state index contributed by atoms with van der Waals surface area (Å²) in [6.45, 7) is 1.95. The summed E-state index contributed by atoms with van der Waals surface area (Å²) in [6, 6.07) is -0.0286. The predicted molar refractivity (Wildman–Crippen MR) is 54.8 cm³/mol. The number of nitrogens with one attached hydrogen (secondary N) is 1. The van der Waals surface area contributed by atoms with E-state index in [2.05, 4.69) is 21.2 Å². The minimum atomic E-state index is -0.347. The lowest BCUT2D eigenvalue weighted by Crippen LogP contribution is -2.43. The molecule has 3 unspecified atom stereocenters. The zero-order chi connectivity index (χ0) is 9.84. The first-order valence-corrected chi connectivity index (χ1v) is 5.69. The maximum atomic E-state index is 11.4. The molecule has 0 aliphatic heterocycles. The Labute approximate surface area is 87.0 Å². The minimum absolute atomic E-state index is 0.00606. The molecule has 3 nitrogen and oxygen atoms in total. The number of hydrogen-bond donors (Lipinski definition) is 2. The summed E-state index contributed by atoms with van der Waals surface area (Å²) >= 11 is 3.28. The first kappa shape index (κ1) is 11.0. The molecule has 1 saturated carbocycles. The topological polar surface area (TPSA) is 49.3 Å². The van der Waals surface area contributed by atoms with Crippen molar-refractivity contribution in [2.75, 3.05) is 0 Å². The number of halogens is 1. The van der Waals surface area contributed by atoms with E-state index in [-0.39, 0.29) is 22.9 Å². The van der Waals surface area contributed by atoms with Gasteiger partial charge in [-0.1, -0.05) is 22.9 Å². The van der Waals surface area contributed by atoms with Gasteiger partial charge in [-0.3, -0.25) is 4.79 Å². The van der Waals surface area contributed by atoms with Gasteiger partial charge in [0.25, 0.3) is 0 Å². The van der Waals surface area contributed by atoms with E-state index in [1.807, 2.05) is 6.92 Å². The summed E-state index contributed by atoms with van der Waals surface area (Å²) in [7, 11) is 0. The molecule has 0 spiro atoms. The van der Waals surface area contributed by atoms with E-state index >= 15 is 0 Å². The van der Waals surface area contributed by atoms with E-state index in [0.717, 1.165) is 25.7 Å². The van der Waals surface area contributed by atoms with Gasteiger partial charge >= 0.3 is 0 Å². The highest BCUT2D eigenvalue weighted by molar-refractivity contribution is 9.10. The average Bonchev–Trinajstić information content (AvgIpc) is 2.50. The van der Waals surface area contributed by atoms with E-state index in [1.54, 1.807) is 0 Å². The highest BCUT2D eigenvalue weighted by Crippen LogP contribution is 2.19. The van der Waals surface area contributed by atoms with Crippen LogP contribution in [0.25, 0.3) is 0 Å². The van der Waals surface area contributed by atoms with Crippen molar-refractivity contribution in [1.82, 2.24) is 5.32 Å². The number of aliphatic hydroxyl groups is 1. The summed E-state index contributed by atoms with van der Waals surface area (Å²) in [5.74, 6) is -0.00606. The van der Waals surface area contributed by atoms with Crippen LogP contribution < -0.4 is 5.32 Å². The lowest BCUT2D eigenvalue weighted by atomic mass is 10.2. The number of carbonyl (C=O) groups excluding carboxylic acids is 1. The number of rotatable bonds is 3. The third-order valence-electron chi connectivity index (χ3n) is 2.45. The van der Waals surface area contributed by atoms with Gasteiger partial charge in [-0.05, 0) is 25.7 Å². The Kier molecular flexibility index (Phi) is 4.19. The molecule has 1 aliphatic rings. The Hall–Kier alpha value is -0.0900. The first-order valence-electron chi connectivity index (χ1n) is 4.77. The second kappa shape index (κ2) is 4.96. The van der Waals surface area contributed by atoms with Gasteiger partial charge in [0, 0.05) is 0 Å². The van der Waals surface area contributed by atoms with Crippen LogP contribution in [0.5, 0.6) is 0 Å². The number of aliphatic hydroxyl groups excluding tert-OH is 1.